The number of benzene rings is 1. The Morgan fingerprint density at radius 3 is 2.81 bits per heavy atom. The van der Waals surface area contributed by atoms with Gasteiger partial charge in [0.25, 0.3) is 5.91 Å². The second-order valence-corrected chi connectivity index (χ2v) is 6.70. The Labute approximate surface area is 156 Å². The molecule has 0 saturated carbocycles. The van der Waals surface area contributed by atoms with Crippen LogP contribution in [0.2, 0.25) is 0 Å². The fraction of sp³-hybridized carbons (Fsp3) is 0.0556. The van der Waals surface area contributed by atoms with Crippen molar-refractivity contribution in [3.8, 4) is 10.6 Å². The van der Waals surface area contributed by atoms with Crippen LogP contribution in [0, 0.1) is 17.0 Å². The van der Waals surface area contributed by atoms with Crippen LogP contribution < -0.4 is 5.32 Å². The third kappa shape index (κ3) is 3.27. The molecule has 4 aromatic rings. The zero-order chi connectivity index (χ0) is 19.0. The fourth-order valence-electron chi connectivity index (χ4n) is 2.56. The van der Waals surface area contributed by atoms with Gasteiger partial charge in [0.15, 0.2) is 5.76 Å². The Morgan fingerprint density at radius 1 is 1.26 bits per heavy atom. The number of furan rings is 1. The van der Waals surface area contributed by atoms with Gasteiger partial charge in [-0.15, -0.1) is 0 Å². The molecule has 0 atom stereocenters. The minimum absolute atomic E-state index is 0.123. The van der Waals surface area contributed by atoms with E-state index in [0.717, 1.165) is 32.5 Å². The molecule has 134 valence electrons. The number of aromatic nitrogens is 2. The van der Waals surface area contributed by atoms with Gasteiger partial charge in [-0.2, -0.15) is 0 Å². The molecular weight excluding hydrogens is 368 g/mol. The number of anilines is 1. The molecule has 0 aliphatic rings. The normalized spacial score (nSPS) is 10.9. The smallest absolute Gasteiger partial charge is 0.395 e. The van der Waals surface area contributed by atoms with E-state index in [4.69, 9.17) is 4.42 Å². The Bertz CT molecular complexity index is 1150. The molecule has 8 nitrogen and oxygen atoms in total. The standard InChI is InChI=1S/C18H12N4O4S/c1-10-9-11(17-21-13-3-2-8-19-18(13)27-17)4-5-12(10)20-16(23)14-6-7-15(26-14)22(24)25/h2-9H,1H3,(H,20,23). The number of rotatable bonds is 4. The van der Waals surface area contributed by atoms with Crippen molar-refractivity contribution in [1.82, 2.24) is 9.97 Å². The van der Waals surface area contributed by atoms with Crippen LogP contribution in [-0.2, 0) is 0 Å². The first-order valence-corrected chi connectivity index (χ1v) is 8.71. The second-order valence-electron chi connectivity index (χ2n) is 5.73. The number of pyridine rings is 1. The van der Waals surface area contributed by atoms with Crippen LogP contribution in [0.4, 0.5) is 11.6 Å². The quantitative estimate of drug-likeness (QED) is 0.414. The molecule has 0 bridgehead atoms. The average molecular weight is 380 g/mol. The molecule has 9 heteroatoms. The fourth-order valence-corrected chi connectivity index (χ4v) is 3.47. The Morgan fingerprint density at radius 2 is 2.11 bits per heavy atom. The third-order valence-electron chi connectivity index (χ3n) is 3.88. The van der Waals surface area contributed by atoms with Crippen molar-refractivity contribution in [2.45, 2.75) is 6.92 Å². The van der Waals surface area contributed by atoms with Gasteiger partial charge in [-0.1, -0.05) is 11.3 Å². The molecule has 4 rings (SSSR count). The molecule has 1 N–H and O–H groups in total. The number of nitrogens with zero attached hydrogens (tertiary/aromatic N) is 3. The van der Waals surface area contributed by atoms with Crippen molar-refractivity contribution < 1.29 is 14.1 Å². The topological polar surface area (TPSA) is 111 Å². The van der Waals surface area contributed by atoms with E-state index in [1.54, 1.807) is 12.3 Å². The van der Waals surface area contributed by atoms with E-state index < -0.39 is 16.7 Å². The van der Waals surface area contributed by atoms with Crippen molar-refractivity contribution in [2.75, 3.05) is 5.32 Å². The highest BCUT2D eigenvalue weighted by atomic mass is 32.1. The lowest BCUT2D eigenvalue weighted by Crippen LogP contribution is -2.11. The predicted octanol–water partition coefficient (Wildman–Crippen LogP) is 4.42. The van der Waals surface area contributed by atoms with Gasteiger partial charge in [0, 0.05) is 17.4 Å². The van der Waals surface area contributed by atoms with Crippen molar-refractivity contribution in [3.05, 3.63) is 70.1 Å². The summed E-state index contributed by atoms with van der Waals surface area (Å²) in [5.41, 5.74) is 3.17. The maximum absolute atomic E-state index is 12.2. The van der Waals surface area contributed by atoms with Gasteiger partial charge in [0.1, 0.15) is 20.3 Å². The summed E-state index contributed by atoms with van der Waals surface area (Å²) in [6, 6.07) is 11.7. The predicted molar refractivity (Wildman–Crippen MR) is 101 cm³/mol. The van der Waals surface area contributed by atoms with Crippen molar-refractivity contribution in [2.24, 2.45) is 0 Å². The van der Waals surface area contributed by atoms with Crippen molar-refractivity contribution in [1.29, 1.82) is 0 Å². The van der Waals surface area contributed by atoms with Crippen molar-refractivity contribution in [3.63, 3.8) is 0 Å². The van der Waals surface area contributed by atoms with Gasteiger partial charge in [0.2, 0.25) is 0 Å². The van der Waals surface area contributed by atoms with Gasteiger partial charge in [-0.25, -0.2) is 9.97 Å². The number of hydrogen-bond donors (Lipinski definition) is 1. The van der Waals surface area contributed by atoms with Gasteiger partial charge in [-0.3, -0.25) is 14.9 Å². The van der Waals surface area contributed by atoms with Crippen LogP contribution >= 0.6 is 11.3 Å². The highest BCUT2D eigenvalue weighted by molar-refractivity contribution is 7.21. The number of nitrogens with one attached hydrogen (secondary N) is 1. The summed E-state index contributed by atoms with van der Waals surface area (Å²) in [4.78, 5) is 31.9. The molecule has 1 amide bonds. The average Bonchev–Trinajstić information content (AvgIpc) is 3.30. The lowest BCUT2D eigenvalue weighted by molar-refractivity contribution is -0.402. The molecule has 0 unspecified atom stereocenters. The van der Waals surface area contributed by atoms with E-state index in [2.05, 4.69) is 15.3 Å². The number of fused-ring (bicyclic) bond motifs is 1. The Hall–Kier alpha value is -3.59. The molecule has 0 fully saturated rings. The van der Waals surface area contributed by atoms with Crippen LogP contribution in [-0.4, -0.2) is 20.8 Å². The summed E-state index contributed by atoms with van der Waals surface area (Å²) in [5.74, 6) is -1.15. The molecule has 0 aliphatic heterocycles. The van der Waals surface area contributed by atoms with E-state index >= 15 is 0 Å². The lowest BCUT2D eigenvalue weighted by atomic mass is 10.1. The lowest BCUT2D eigenvalue weighted by Gasteiger charge is -2.08. The first kappa shape index (κ1) is 16.9. The number of aryl methyl sites for hydroxylation is 1. The highest BCUT2D eigenvalue weighted by Crippen LogP contribution is 2.31. The summed E-state index contributed by atoms with van der Waals surface area (Å²) in [5, 5.41) is 14.2. The summed E-state index contributed by atoms with van der Waals surface area (Å²) in [6.07, 6.45) is 1.73. The number of amides is 1. The summed E-state index contributed by atoms with van der Waals surface area (Å²) < 4.78 is 4.92. The summed E-state index contributed by atoms with van der Waals surface area (Å²) >= 11 is 1.49. The molecule has 3 aromatic heterocycles. The summed E-state index contributed by atoms with van der Waals surface area (Å²) in [6.45, 7) is 1.86. The van der Waals surface area contributed by atoms with Crippen molar-refractivity contribution >= 4 is 39.2 Å². The maximum Gasteiger partial charge on any atom is 0.433 e. The first-order chi connectivity index (χ1) is 13.0. The number of nitro groups is 1. The monoisotopic (exact) mass is 380 g/mol. The molecule has 3 heterocycles. The largest absolute Gasteiger partial charge is 0.433 e. The molecule has 27 heavy (non-hydrogen) atoms. The van der Waals surface area contributed by atoms with Crippen LogP contribution in [0.3, 0.4) is 0 Å². The third-order valence-corrected chi connectivity index (χ3v) is 4.91. The molecule has 1 aromatic carbocycles. The molecule has 0 spiro atoms. The van der Waals surface area contributed by atoms with Crippen LogP contribution in [0.1, 0.15) is 16.1 Å². The maximum atomic E-state index is 12.2. The molecule has 0 saturated heterocycles. The molecular formula is C18H12N4O4S. The van der Waals surface area contributed by atoms with Gasteiger partial charge in [0.05, 0.1) is 6.07 Å². The first-order valence-electron chi connectivity index (χ1n) is 7.89. The van der Waals surface area contributed by atoms with Gasteiger partial charge < -0.3 is 9.73 Å². The minimum atomic E-state index is -0.691. The number of carbonyl (C=O) groups is 1. The van der Waals surface area contributed by atoms with E-state index in [9.17, 15) is 14.9 Å². The zero-order valence-electron chi connectivity index (χ0n) is 14.0. The van der Waals surface area contributed by atoms with E-state index in [0.29, 0.717) is 5.69 Å². The Kier molecular flexibility index (Phi) is 4.13. The molecule has 0 aliphatic carbocycles. The number of hydrogen-bond acceptors (Lipinski definition) is 7. The minimum Gasteiger partial charge on any atom is -0.395 e. The van der Waals surface area contributed by atoms with E-state index in [1.807, 2.05) is 31.2 Å². The Balaban J connectivity index is 1.57. The highest BCUT2D eigenvalue weighted by Gasteiger charge is 2.18. The van der Waals surface area contributed by atoms with Crippen LogP contribution in [0.25, 0.3) is 20.9 Å². The van der Waals surface area contributed by atoms with E-state index in [-0.39, 0.29) is 5.76 Å². The number of thiazole rings is 1. The van der Waals surface area contributed by atoms with Gasteiger partial charge in [-0.05, 0) is 48.9 Å². The second kappa shape index (κ2) is 6.61. The zero-order valence-corrected chi connectivity index (χ0v) is 14.8. The van der Waals surface area contributed by atoms with E-state index in [1.165, 1.54) is 17.4 Å². The SMILES string of the molecule is Cc1cc(-c2nc3cccnc3s2)ccc1NC(=O)c1ccc([N+](=O)[O-])o1. The molecule has 0 radical (unpaired) electrons. The van der Waals surface area contributed by atoms with Crippen LogP contribution in [0.15, 0.2) is 53.1 Å². The van der Waals surface area contributed by atoms with Crippen LogP contribution in [0.5, 0.6) is 0 Å². The summed E-state index contributed by atoms with van der Waals surface area (Å²) in [7, 11) is 0. The number of carbonyl (C=O) groups excluding carboxylic acids is 1. The van der Waals surface area contributed by atoms with Gasteiger partial charge >= 0.3 is 5.88 Å².